The first-order chi connectivity index (χ1) is 10.6. The van der Waals surface area contributed by atoms with Gasteiger partial charge in [-0.15, -0.1) is 0 Å². The number of carboxylic acids is 1. The third-order valence-corrected chi connectivity index (χ3v) is 4.46. The van der Waals surface area contributed by atoms with Gasteiger partial charge in [-0.05, 0) is 36.0 Å². The molecule has 0 saturated carbocycles. The third-order valence-electron chi connectivity index (χ3n) is 3.82. The van der Waals surface area contributed by atoms with Gasteiger partial charge in [-0.2, -0.15) is 11.8 Å². The molecule has 1 aromatic rings. The van der Waals surface area contributed by atoms with Crippen molar-refractivity contribution in [3.05, 3.63) is 35.4 Å². The molecule has 0 aliphatic carbocycles. The van der Waals surface area contributed by atoms with E-state index in [0.29, 0.717) is 12.2 Å². The Morgan fingerprint density at radius 3 is 2.77 bits per heavy atom. The van der Waals surface area contributed by atoms with Crippen LogP contribution >= 0.6 is 11.8 Å². The molecule has 2 rings (SSSR count). The molecule has 22 heavy (non-hydrogen) atoms. The highest BCUT2D eigenvalue weighted by molar-refractivity contribution is 7.98. The van der Waals surface area contributed by atoms with Gasteiger partial charge in [0.1, 0.15) is 6.04 Å². The largest absolute Gasteiger partial charge is 0.480 e. The van der Waals surface area contributed by atoms with Crippen LogP contribution in [0.4, 0.5) is 0 Å². The number of aliphatic carboxylic acids is 1. The molecular formula is C16H22N2O3S. The maximum atomic E-state index is 12.1. The van der Waals surface area contributed by atoms with E-state index >= 15 is 0 Å². The van der Waals surface area contributed by atoms with E-state index in [0.717, 1.165) is 19.5 Å². The normalized spacial score (nSPS) is 15.9. The Bertz CT molecular complexity index is 536. The lowest BCUT2D eigenvalue weighted by molar-refractivity contribution is -0.142. The Morgan fingerprint density at radius 2 is 2.09 bits per heavy atom. The summed E-state index contributed by atoms with van der Waals surface area (Å²) in [6.07, 6.45) is 3.30. The van der Waals surface area contributed by atoms with Gasteiger partial charge in [0.25, 0.3) is 0 Å². The van der Waals surface area contributed by atoms with Gasteiger partial charge in [0, 0.05) is 13.1 Å². The highest BCUT2D eigenvalue weighted by Crippen LogP contribution is 2.17. The lowest BCUT2D eigenvalue weighted by atomic mass is 10.00. The van der Waals surface area contributed by atoms with Crippen LogP contribution in [0.15, 0.2) is 24.3 Å². The van der Waals surface area contributed by atoms with Crippen molar-refractivity contribution in [2.24, 2.45) is 0 Å². The van der Waals surface area contributed by atoms with Crippen molar-refractivity contribution in [3.8, 4) is 0 Å². The summed E-state index contributed by atoms with van der Waals surface area (Å²) in [7, 11) is 0. The van der Waals surface area contributed by atoms with Crippen LogP contribution in [0, 0.1) is 0 Å². The number of carboxylic acid groups (broad SMARTS) is 1. The number of nitrogens with zero attached hydrogens (tertiary/aromatic N) is 1. The Labute approximate surface area is 135 Å². The van der Waals surface area contributed by atoms with Gasteiger partial charge in [0.15, 0.2) is 0 Å². The first kappa shape index (κ1) is 16.8. The zero-order valence-electron chi connectivity index (χ0n) is 12.7. The van der Waals surface area contributed by atoms with E-state index in [-0.39, 0.29) is 12.5 Å². The van der Waals surface area contributed by atoms with E-state index in [9.17, 15) is 9.59 Å². The lowest BCUT2D eigenvalue weighted by Gasteiger charge is -2.28. The van der Waals surface area contributed by atoms with Gasteiger partial charge in [-0.1, -0.05) is 24.3 Å². The standard InChI is InChI=1S/C16H22N2O3S/c1-22-9-7-14(16(20)21)17-15(19)11-18-8-6-12-4-2-3-5-13(12)10-18/h2-5,14H,6-11H2,1H3,(H,17,19)(H,20,21)/t14-/m0/s1. The maximum Gasteiger partial charge on any atom is 0.326 e. The van der Waals surface area contributed by atoms with Crippen molar-refractivity contribution in [2.45, 2.75) is 25.4 Å². The molecule has 0 saturated heterocycles. The summed E-state index contributed by atoms with van der Waals surface area (Å²) < 4.78 is 0. The number of rotatable bonds is 7. The van der Waals surface area contributed by atoms with Crippen LogP contribution in [0.5, 0.6) is 0 Å². The predicted molar refractivity (Wildman–Crippen MR) is 88.0 cm³/mol. The summed E-state index contributed by atoms with van der Waals surface area (Å²) >= 11 is 1.58. The predicted octanol–water partition coefficient (Wildman–Crippen LogP) is 1.37. The van der Waals surface area contributed by atoms with Crippen molar-refractivity contribution in [2.75, 3.05) is 25.1 Å². The van der Waals surface area contributed by atoms with Crippen LogP contribution in [-0.2, 0) is 22.6 Å². The molecule has 1 atom stereocenters. The van der Waals surface area contributed by atoms with Crippen LogP contribution < -0.4 is 5.32 Å². The molecule has 1 aliphatic heterocycles. The average molecular weight is 322 g/mol. The second kappa shape index (κ2) is 8.19. The number of thioether (sulfide) groups is 1. The number of carbonyl (C=O) groups is 2. The molecule has 120 valence electrons. The minimum absolute atomic E-state index is 0.215. The summed E-state index contributed by atoms with van der Waals surface area (Å²) in [5.74, 6) is -0.465. The fourth-order valence-electron chi connectivity index (χ4n) is 2.63. The van der Waals surface area contributed by atoms with E-state index in [1.165, 1.54) is 11.1 Å². The summed E-state index contributed by atoms with van der Waals surface area (Å²) in [6, 6.07) is 7.44. The summed E-state index contributed by atoms with van der Waals surface area (Å²) in [5.41, 5.74) is 2.58. The Kier molecular flexibility index (Phi) is 6.27. The number of benzene rings is 1. The third kappa shape index (κ3) is 4.74. The van der Waals surface area contributed by atoms with Gasteiger partial charge in [0.05, 0.1) is 6.54 Å². The molecule has 2 N–H and O–H groups in total. The fourth-order valence-corrected chi connectivity index (χ4v) is 3.10. The van der Waals surface area contributed by atoms with Crippen LogP contribution in [0.3, 0.4) is 0 Å². The topological polar surface area (TPSA) is 69.6 Å². The molecule has 0 radical (unpaired) electrons. The Morgan fingerprint density at radius 1 is 1.36 bits per heavy atom. The van der Waals surface area contributed by atoms with E-state index in [4.69, 9.17) is 5.11 Å². The number of carbonyl (C=O) groups excluding carboxylic acids is 1. The van der Waals surface area contributed by atoms with E-state index in [1.54, 1.807) is 11.8 Å². The maximum absolute atomic E-state index is 12.1. The summed E-state index contributed by atoms with van der Waals surface area (Å²) in [5, 5.41) is 11.8. The van der Waals surface area contributed by atoms with Crippen LogP contribution in [-0.4, -0.2) is 53.0 Å². The molecule has 1 amide bonds. The van der Waals surface area contributed by atoms with Gasteiger partial charge in [-0.3, -0.25) is 9.69 Å². The highest BCUT2D eigenvalue weighted by Gasteiger charge is 2.22. The lowest BCUT2D eigenvalue weighted by Crippen LogP contribution is -2.46. The van der Waals surface area contributed by atoms with E-state index < -0.39 is 12.0 Å². The number of hydrogen-bond acceptors (Lipinski definition) is 4. The van der Waals surface area contributed by atoms with Gasteiger partial charge in [-0.25, -0.2) is 4.79 Å². The average Bonchev–Trinajstić information content (AvgIpc) is 2.51. The van der Waals surface area contributed by atoms with Crippen LogP contribution in [0.25, 0.3) is 0 Å². The number of nitrogens with one attached hydrogen (secondary N) is 1. The zero-order chi connectivity index (χ0) is 15.9. The number of amides is 1. The molecule has 0 bridgehead atoms. The highest BCUT2D eigenvalue weighted by atomic mass is 32.2. The first-order valence-electron chi connectivity index (χ1n) is 7.40. The minimum atomic E-state index is -0.966. The van der Waals surface area contributed by atoms with Gasteiger partial charge in [0.2, 0.25) is 5.91 Å². The molecule has 0 unspecified atom stereocenters. The first-order valence-corrected chi connectivity index (χ1v) is 8.79. The monoisotopic (exact) mass is 322 g/mol. The smallest absolute Gasteiger partial charge is 0.326 e. The molecule has 5 nitrogen and oxygen atoms in total. The Hall–Kier alpha value is -1.53. The summed E-state index contributed by atoms with van der Waals surface area (Å²) in [4.78, 5) is 25.3. The number of fused-ring (bicyclic) bond motifs is 1. The van der Waals surface area contributed by atoms with Gasteiger partial charge >= 0.3 is 5.97 Å². The van der Waals surface area contributed by atoms with Gasteiger partial charge < -0.3 is 10.4 Å². The molecular weight excluding hydrogens is 300 g/mol. The fraction of sp³-hybridized carbons (Fsp3) is 0.500. The van der Waals surface area contributed by atoms with Crippen LogP contribution in [0.1, 0.15) is 17.5 Å². The second-order valence-electron chi connectivity index (χ2n) is 5.47. The van der Waals surface area contributed by atoms with E-state index in [1.807, 2.05) is 18.4 Å². The Balaban J connectivity index is 1.86. The number of hydrogen-bond donors (Lipinski definition) is 2. The molecule has 1 aromatic carbocycles. The minimum Gasteiger partial charge on any atom is -0.480 e. The van der Waals surface area contributed by atoms with Crippen molar-refractivity contribution < 1.29 is 14.7 Å². The molecule has 0 aromatic heterocycles. The SMILES string of the molecule is CSCC[C@H](NC(=O)CN1CCc2ccccc2C1)C(=O)O. The van der Waals surface area contributed by atoms with Crippen molar-refractivity contribution >= 4 is 23.6 Å². The van der Waals surface area contributed by atoms with Crippen molar-refractivity contribution in [1.29, 1.82) is 0 Å². The zero-order valence-corrected chi connectivity index (χ0v) is 13.6. The molecule has 1 aliphatic rings. The molecule has 0 fully saturated rings. The molecule has 6 heteroatoms. The second-order valence-corrected chi connectivity index (χ2v) is 6.45. The van der Waals surface area contributed by atoms with Crippen molar-refractivity contribution in [1.82, 2.24) is 10.2 Å². The molecule has 0 spiro atoms. The summed E-state index contributed by atoms with van der Waals surface area (Å²) in [6.45, 7) is 1.82. The quantitative estimate of drug-likeness (QED) is 0.793. The van der Waals surface area contributed by atoms with Crippen molar-refractivity contribution in [3.63, 3.8) is 0 Å². The van der Waals surface area contributed by atoms with Crippen LogP contribution in [0.2, 0.25) is 0 Å². The molecule has 1 heterocycles. The van der Waals surface area contributed by atoms with E-state index in [2.05, 4.69) is 22.3 Å².